The first-order chi connectivity index (χ1) is 9.09. The molecule has 0 radical (unpaired) electrons. The summed E-state index contributed by atoms with van der Waals surface area (Å²) in [5.74, 6) is -2.38. The number of aliphatic carboxylic acids is 1. The quantitative estimate of drug-likeness (QED) is 0.587. The Morgan fingerprint density at radius 1 is 1.16 bits per heavy atom. The molecule has 0 aliphatic heterocycles. The van der Waals surface area contributed by atoms with Crippen molar-refractivity contribution in [2.24, 2.45) is 11.8 Å². The van der Waals surface area contributed by atoms with Gasteiger partial charge in [0.15, 0.2) is 0 Å². The molecule has 1 aromatic carbocycles. The number of carboxylic acid groups (broad SMARTS) is 1. The second-order valence-electron chi connectivity index (χ2n) is 4.50. The number of nitrogens with one attached hydrogen (secondary N) is 1. The number of anilines is 1. The van der Waals surface area contributed by atoms with Crippen molar-refractivity contribution < 1.29 is 14.7 Å². The predicted octanol–water partition coefficient (Wildman–Crippen LogP) is 2.58. The number of carbonyl (C=O) groups is 2. The molecule has 1 aliphatic rings. The van der Waals surface area contributed by atoms with Crippen LogP contribution in [-0.2, 0) is 9.59 Å². The van der Waals surface area contributed by atoms with Crippen LogP contribution in [0.3, 0.4) is 0 Å². The second kappa shape index (κ2) is 5.93. The van der Waals surface area contributed by atoms with Crippen molar-refractivity contribution in [3.8, 4) is 0 Å². The summed E-state index contributed by atoms with van der Waals surface area (Å²) < 4.78 is 0. The van der Waals surface area contributed by atoms with Gasteiger partial charge < -0.3 is 10.4 Å². The van der Waals surface area contributed by atoms with Gasteiger partial charge in [0.1, 0.15) is 0 Å². The number of carboxylic acids is 1. The molecule has 0 heterocycles. The lowest BCUT2D eigenvalue weighted by molar-refractivity contribution is -0.146. The van der Waals surface area contributed by atoms with Crippen molar-refractivity contribution in [1.29, 1.82) is 0 Å². The van der Waals surface area contributed by atoms with Crippen molar-refractivity contribution >= 4 is 30.2 Å². The van der Waals surface area contributed by atoms with Crippen molar-refractivity contribution in [2.75, 3.05) is 5.32 Å². The largest absolute Gasteiger partial charge is 0.481 e. The highest BCUT2D eigenvalue weighted by Crippen LogP contribution is 2.28. The molecule has 0 saturated carbocycles. The molecule has 0 spiro atoms. The average molecular weight is 277 g/mol. The van der Waals surface area contributed by atoms with Gasteiger partial charge in [0.2, 0.25) is 5.91 Å². The maximum absolute atomic E-state index is 12.2. The lowest BCUT2D eigenvalue weighted by Gasteiger charge is -2.24. The maximum Gasteiger partial charge on any atom is 0.307 e. The zero-order valence-electron chi connectivity index (χ0n) is 10.2. The highest BCUT2D eigenvalue weighted by atomic mass is 32.1. The first-order valence-electron chi connectivity index (χ1n) is 6.06. The first kappa shape index (κ1) is 13.7. The predicted molar refractivity (Wildman–Crippen MR) is 75.3 cm³/mol. The molecule has 5 heteroatoms. The summed E-state index contributed by atoms with van der Waals surface area (Å²) >= 11 is 4.25. The van der Waals surface area contributed by atoms with Crippen molar-refractivity contribution in [3.63, 3.8) is 0 Å². The number of amides is 1. The highest BCUT2D eigenvalue weighted by molar-refractivity contribution is 7.80. The van der Waals surface area contributed by atoms with Gasteiger partial charge in [-0.1, -0.05) is 24.3 Å². The standard InChI is InChI=1S/C14H15NO3S/c16-13(15-11-7-3-4-8-12(11)19)9-5-1-2-6-10(9)14(17)18/h1-4,7-10,19H,5-6H2,(H,15,16)(H,17,18)/t9-,10-/m0/s1. The fourth-order valence-corrected chi connectivity index (χ4v) is 2.40. The van der Waals surface area contributed by atoms with E-state index in [4.69, 9.17) is 5.11 Å². The van der Waals surface area contributed by atoms with E-state index in [1.54, 1.807) is 18.2 Å². The molecule has 0 bridgehead atoms. The molecular weight excluding hydrogens is 262 g/mol. The minimum atomic E-state index is -0.927. The summed E-state index contributed by atoms with van der Waals surface area (Å²) in [7, 11) is 0. The summed E-state index contributed by atoms with van der Waals surface area (Å²) in [6.45, 7) is 0. The molecule has 1 amide bonds. The average Bonchev–Trinajstić information content (AvgIpc) is 2.41. The number of para-hydroxylation sites is 1. The van der Waals surface area contributed by atoms with Gasteiger partial charge in [0.05, 0.1) is 17.5 Å². The molecule has 0 unspecified atom stereocenters. The number of benzene rings is 1. The van der Waals surface area contributed by atoms with E-state index in [9.17, 15) is 9.59 Å². The number of hydrogen-bond donors (Lipinski definition) is 3. The third kappa shape index (κ3) is 3.17. The molecule has 0 fully saturated rings. The molecule has 2 rings (SSSR count). The van der Waals surface area contributed by atoms with E-state index < -0.39 is 17.8 Å². The van der Waals surface area contributed by atoms with Gasteiger partial charge >= 0.3 is 5.97 Å². The Morgan fingerprint density at radius 2 is 1.79 bits per heavy atom. The topological polar surface area (TPSA) is 66.4 Å². The Bertz CT molecular complexity index is 527. The molecule has 100 valence electrons. The van der Waals surface area contributed by atoms with Gasteiger partial charge in [-0.15, -0.1) is 12.6 Å². The summed E-state index contributed by atoms with van der Waals surface area (Å²) in [5, 5.41) is 11.9. The number of thiol groups is 1. The van der Waals surface area contributed by atoms with Gasteiger partial charge in [0, 0.05) is 4.90 Å². The van der Waals surface area contributed by atoms with Crippen molar-refractivity contribution in [1.82, 2.24) is 0 Å². The third-order valence-electron chi connectivity index (χ3n) is 3.25. The third-order valence-corrected chi connectivity index (χ3v) is 3.64. The molecule has 4 nitrogen and oxygen atoms in total. The van der Waals surface area contributed by atoms with Crippen molar-refractivity contribution in [2.45, 2.75) is 17.7 Å². The minimum absolute atomic E-state index is 0.266. The van der Waals surface area contributed by atoms with Crippen LogP contribution in [0.1, 0.15) is 12.8 Å². The van der Waals surface area contributed by atoms with Gasteiger partial charge in [-0.2, -0.15) is 0 Å². The van der Waals surface area contributed by atoms with Crippen LogP contribution in [0.15, 0.2) is 41.3 Å². The van der Waals surface area contributed by atoms with E-state index >= 15 is 0 Å². The number of hydrogen-bond acceptors (Lipinski definition) is 3. The van der Waals surface area contributed by atoms with E-state index in [1.807, 2.05) is 18.2 Å². The first-order valence-corrected chi connectivity index (χ1v) is 6.51. The summed E-state index contributed by atoms with van der Waals surface area (Å²) in [6, 6.07) is 7.13. The van der Waals surface area contributed by atoms with Crippen LogP contribution in [0.25, 0.3) is 0 Å². The smallest absolute Gasteiger partial charge is 0.307 e. The zero-order valence-corrected chi connectivity index (χ0v) is 11.1. The van der Waals surface area contributed by atoms with Crippen LogP contribution < -0.4 is 5.32 Å². The Labute approximate surface area is 116 Å². The second-order valence-corrected chi connectivity index (χ2v) is 4.98. The molecule has 0 aromatic heterocycles. The lowest BCUT2D eigenvalue weighted by Crippen LogP contribution is -2.34. The Hall–Kier alpha value is -1.75. The highest BCUT2D eigenvalue weighted by Gasteiger charge is 2.34. The van der Waals surface area contributed by atoms with E-state index in [-0.39, 0.29) is 5.91 Å². The summed E-state index contributed by atoms with van der Waals surface area (Å²) in [5.41, 5.74) is 0.606. The minimum Gasteiger partial charge on any atom is -0.481 e. The van der Waals surface area contributed by atoms with Crippen LogP contribution in [0.4, 0.5) is 5.69 Å². The number of allylic oxidation sites excluding steroid dienone is 2. The number of carbonyl (C=O) groups excluding carboxylic acids is 1. The normalized spacial score (nSPS) is 21.9. The van der Waals surface area contributed by atoms with Crippen molar-refractivity contribution in [3.05, 3.63) is 36.4 Å². The van der Waals surface area contributed by atoms with Gasteiger partial charge in [-0.25, -0.2) is 0 Å². The van der Waals surface area contributed by atoms with Gasteiger partial charge in [0.25, 0.3) is 0 Å². The van der Waals surface area contributed by atoms with Crippen LogP contribution >= 0.6 is 12.6 Å². The SMILES string of the molecule is O=C(O)[C@H]1CC=CC[C@@H]1C(=O)Nc1ccccc1S. The number of rotatable bonds is 3. The molecule has 0 saturated heterocycles. The Kier molecular flexibility index (Phi) is 4.27. The van der Waals surface area contributed by atoms with Crippen LogP contribution in [0.5, 0.6) is 0 Å². The van der Waals surface area contributed by atoms with E-state index in [2.05, 4.69) is 17.9 Å². The molecule has 19 heavy (non-hydrogen) atoms. The van der Waals surface area contributed by atoms with Crippen LogP contribution in [0, 0.1) is 11.8 Å². The molecular formula is C14H15NO3S. The summed E-state index contributed by atoms with van der Waals surface area (Å²) in [6.07, 6.45) is 4.53. The molecule has 2 atom stereocenters. The molecule has 1 aromatic rings. The van der Waals surface area contributed by atoms with Gasteiger partial charge in [-0.05, 0) is 25.0 Å². The summed E-state index contributed by atoms with van der Waals surface area (Å²) in [4.78, 5) is 24.0. The fourth-order valence-electron chi connectivity index (χ4n) is 2.18. The molecule has 1 aliphatic carbocycles. The Balaban J connectivity index is 2.13. The van der Waals surface area contributed by atoms with Crippen LogP contribution in [-0.4, -0.2) is 17.0 Å². The monoisotopic (exact) mass is 277 g/mol. The zero-order chi connectivity index (χ0) is 13.8. The van der Waals surface area contributed by atoms with Gasteiger partial charge in [-0.3, -0.25) is 9.59 Å². The van der Waals surface area contributed by atoms with E-state index in [1.165, 1.54) is 0 Å². The maximum atomic E-state index is 12.2. The Morgan fingerprint density at radius 3 is 2.42 bits per heavy atom. The fraction of sp³-hybridized carbons (Fsp3) is 0.286. The van der Waals surface area contributed by atoms with E-state index in [0.29, 0.717) is 23.4 Å². The van der Waals surface area contributed by atoms with E-state index in [0.717, 1.165) is 0 Å². The molecule has 2 N–H and O–H groups in total. The van der Waals surface area contributed by atoms with Crippen LogP contribution in [0.2, 0.25) is 0 Å². The lowest BCUT2D eigenvalue weighted by atomic mass is 9.82.